The van der Waals surface area contributed by atoms with Crippen LogP contribution in [0.25, 0.3) is 0 Å². The average Bonchev–Trinajstić information content (AvgIpc) is 2.77. The third-order valence-electron chi connectivity index (χ3n) is 2.56. The lowest BCUT2D eigenvalue weighted by molar-refractivity contribution is -0.121. The lowest BCUT2D eigenvalue weighted by Gasteiger charge is -1.98. The van der Waals surface area contributed by atoms with Crippen LogP contribution in [0.4, 0.5) is 0 Å². The largest absolute Gasteiger partial charge is 0.339 e. The Morgan fingerprint density at radius 1 is 1.44 bits per heavy atom. The minimum atomic E-state index is -0.0151. The van der Waals surface area contributed by atoms with Crippen LogP contribution in [0.5, 0.6) is 0 Å². The second kappa shape index (κ2) is 5.53. The van der Waals surface area contributed by atoms with Gasteiger partial charge in [-0.25, -0.2) is 0 Å². The molecule has 0 saturated carbocycles. The van der Waals surface area contributed by atoms with Gasteiger partial charge in [-0.3, -0.25) is 9.78 Å². The summed E-state index contributed by atoms with van der Waals surface area (Å²) in [6.45, 7) is 3.71. The van der Waals surface area contributed by atoms with Gasteiger partial charge in [0, 0.05) is 24.7 Å². The molecule has 2 heterocycles. The molecular weight excluding hydrogens is 230 g/mol. The summed E-state index contributed by atoms with van der Waals surface area (Å²) in [6.07, 6.45) is 4.24. The zero-order chi connectivity index (χ0) is 13.0. The summed E-state index contributed by atoms with van der Waals surface area (Å²) >= 11 is 0. The van der Waals surface area contributed by atoms with E-state index in [0.29, 0.717) is 18.1 Å². The van der Waals surface area contributed by atoms with Crippen molar-refractivity contribution in [1.82, 2.24) is 15.1 Å². The van der Waals surface area contributed by atoms with Crippen molar-refractivity contribution in [3.63, 3.8) is 0 Å². The van der Waals surface area contributed by atoms with Crippen molar-refractivity contribution in [2.45, 2.75) is 26.7 Å². The van der Waals surface area contributed by atoms with Crippen molar-refractivity contribution < 1.29 is 9.32 Å². The molecular formula is C13H15N3O2. The molecule has 0 spiro atoms. The third kappa shape index (κ3) is 3.23. The predicted molar refractivity (Wildman–Crippen MR) is 64.9 cm³/mol. The van der Waals surface area contributed by atoms with E-state index in [-0.39, 0.29) is 18.1 Å². The van der Waals surface area contributed by atoms with E-state index in [2.05, 4.69) is 15.1 Å². The summed E-state index contributed by atoms with van der Waals surface area (Å²) in [6, 6.07) is 3.81. The number of ketones is 1. The van der Waals surface area contributed by atoms with E-state index in [1.165, 1.54) is 0 Å². The van der Waals surface area contributed by atoms with Gasteiger partial charge in [0.1, 0.15) is 5.78 Å². The molecule has 0 bridgehead atoms. The maximum atomic E-state index is 11.5. The number of aromatic nitrogens is 3. The van der Waals surface area contributed by atoms with Crippen LogP contribution in [0.15, 0.2) is 29.0 Å². The van der Waals surface area contributed by atoms with Crippen LogP contribution in [-0.2, 0) is 17.6 Å². The number of pyridine rings is 1. The summed E-state index contributed by atoms with van der Waals surface area (Å²) in [5.74, 6) is 1.05. The topological polar surface area (TPSA) is 68.9 Å². The second-order valence-electron chi connectivity index (χ2n) is 4.44. The number of hydrogen-bond acceptors (Lipinski definition) is 5. The maximum Gasteiger partial charge on any atom is 0.234 e. The average molecular weight is 245 g/mol. The Kier molecular flexibility index (Phi) is 3.82. The van der Waals surface area contributed by atoms with Crippen LogP contribution in [0.3, 0.4) is 0 Å². The first-order valence-corrected chi connectivity index (χ1v) is 5.88. The van der Waals surface area contributed by atoms with Crippen LogP contribution in [0.1, 0.15) is 31.1 Å². The van der Waals surface area contributed by atoms with E-state index in [1.54, 1.807) is 12.4 Å². The summed E-state index contributed by atoms with van der Waals surface area (Å²) in [4.78, 5) is 19.8. The van der Waals surface area contributed by atoms with Gasteiger partial charge in [-0.2, -0.15) is 4.98 Å². The number of carbonyl (C=O) groups is 1. The van der Waals surface area contributed by atoms with Crippen molar-refractivity contribution in [2.24, 2.45) is 5.92 Å². The normalized spacial score (nSPS) is 10.8. The molecule has 94 valence electrons. The molecule has 0 aliphatic carbocycles. The minimum Gasteiger partial charge on any atom is -0.339 e. The molecule has 2 rings (SSSR count). The van der Waals surface area contributed by atoms with E-state index < -0.39 is 0 Å². The Labute approximate surface area is 105 Å². The SMILES string of the molecule is CC(C)C(=O)Cc1nc(Cc2cccnc2)no1. The molecule has 0 radical (unpaired) electrons. The molecule has 0 fully saturated rings. The van der Waals surface area contributed by atoms with E-state index >= 15 is 0 Å². The molecule has 0 amide bonds. The molecule has 2 aromatic heterocycles. The third-order valence-corrected chi connectivity index (χ3v) is 2.56. The highest BCUT2D eigenvalue weighted by Gasteiger charge is 2.14. The maximum absolute atomic E-state index is 11.5. The molecule has 18 heavy (non-hydrogen) atoms. The van der Waals surface area contributed by atoms with E-state index in [0.717, 1.165) is 5.56 Å². The summed E-state index contributed by atoms with van der Waals surface area (Å²) in [7, 11) is 0. The zero-order valence-corrected chi connectivity index (χ0v) is 10.5. The van der Waals surface area contributed by atoms with Gasteiger partial charge < -0.3 is 4.52 Å². The van der Waals surface area contributed by atoms with Crippen molar-refractivity contribution in [3.05, 3.63) is 41.8 Å². The molecule has 0 atom stereocenters. The van der Waals surface area contributed by atoms with Gasteiger partial charge >= 0.3 is 0 Å². The summed E-state index contributed by atoms with van der Waals surface area (Å²) < 4.78 is 5.06. The fourth-order valence-electron chi connectivity index (χ4n) is 1.47. The Morgan fingerprint density at radius 2 is 2.28 bits per heavy atom. The number of nitrogens with zero attached hydrogens (tertiary/aromatic N) is 3. The Hall–Kier alpha value is -2.04. The lowest BCUT2D eigenvalue weighted by Crippen LogP contribution is -2.10. The first kappa shape index (κ1) is 12.4. The first-order valence-electron chi connectivity index (χ1n) is 5.88. The van der Waals surface area contributed by atoms with Crippen molar-refractivity contribution in [1.29, 1.82) is 0 Å². The van der Waals surface area contributed by atoms with Crippen molar-refractivity contribution >= 4 is 5.78 Å². The highest BCUT2D eigenvalue weighted by atomic mass is 16.5. The molecule has 2 aromatic rings. The molecule has 5 heteroatoms. The monoisotopic (exact) mass is 245 g/mol. The van der Waals surface area contributed by atoms with E-state index in [4.69, 9.17) is 4.52 Å². The van der Waals surface area contributed by atoms with Crippen molar-refractivity contribution in [3.8, 4) is 0 Å². The Balaban J connectivity index is 2.00. The molecule has 0 unspecified atom stereocenters. The van der Waals surface area contributed by atoms with Crippen LogP contribution in [0, 0.1) is 5.92 Å². The fraction of sp³-hybridized carbons (Fsp3) is 0.385. The predicted octanol–water partition coefficient (Wildman–Crippen LogP) is 1.82. The number of rotatable bonds is 5. The minimum absolute atomic E-state index is 0.0151. The number of Topliss-reactive ketones (excluding diaryl/α,β-unsaturated/α-hetero) is 1. The Morgan fingerprint density at radius 3 is 2.94 bits per heavy atom. The molecule has 0 aliphatic heterocycles. The van der Waals surface area contributed by atoms with Gasteiger partial charge in [0.2, 0.25) is 5.89 Å². The highest BCUT2D eigenvalue weighted by molar-refractivity contribution is 5.81. The van der Waals surface area contributed by atoms with Gasteiger partial charge in [0.25, 0.3) is 0 Å². The van der Waals surface area contributed by atoms with Crippen molar-refractivity contribution in [2.75, 3.05) is 0 Å². The van der Waals surface area contributed by atoms with Crippen LogP contribution in [-0.4, -0.2) is 20.9 Å². The van der Waals surface area contributed by atoms with Gasteiger partial charge in [-0.15, -0.1) is 0 Å². The van der Waals surface area contributed by atoms with Crippen LogP contribution < -0.4 is 0 Å². The first-order chi connectivity index (χ1) is 8.65. The number of hydrogen-bond donors (Lipinski definition) is 0. The zero-order valence-electron chi connectivity index (χ0n) is 10.5. The Bertz CT molecular complexity index is 520. The fourth-order valence-corrected chi connectivity index (χ4v) is 1.47. The number of carbonyl (C=O) groups excluding carboxylic acids is 1. The van der Waals surface area contributed by atoms with Gasteiger partial charge in [0.05, 0.1) is 6.42 Å². The van der Waals surface area contributed by atoms with E-state index in [1.807, 2.05) is 26.0 Å². The molecule has 0 aromatic carbocycles. The lowest BCUT2D eigenvalue weighted by atomic mass is 10.1. The van der Waals surface area contributed by atoms with Gasteiger partial charge in [-0.1, -0.05) is 25.1 Å². The molecule has 0 saturated heterocycles. The van der Waals surface area contributed by atoms with Gasteiger partial charge in [0.15, 0.2) is 5.82 Å². The molecule has 0 aliphatic rings. The van der Waals surface area contributed by atoms with Gasteiger partial charge in [-0.05, 0) is 11.6 Å². The molecule has 5 nitrogen and oxygen atoms in total. The second-order valence-corrected chi connectivity index (χ2v) is 4.44. The van der Waals surface area contributed by atoms with Crippen LogP contribution in [0.2, 0.25) is 0 Å². The molecule has 0 N–H and O–H groups in total. The summed E-state index contributed by atoms with van der Waals surface area (Å²) in [5, 5.41) is 3.86. The quantitative estimate of drug-likeness (QED) is 0.803. The summed E-state index contributed by atoms with van der Waals surface area (Å²) in [5.41, 5.74) is 1.01. The highest BCUT2D eigenvalue weighted by Crippen LogP contribution is 2.07. The van der Waals surface area contributed by atoms with Crippen LogP contribution >= 0.6 is 0 Å². The van der Waals surface area contributed by atoms with E-state index in [9.17, 15) is 4.79 Å². The standard InChI is InChI=1S/C13H15N3O2/c1-9(2)11(17)7-13-15-12(16-18-13)6-10-4-3-5-14-8-10/h3-5,8-9H,6-7H2,1-2H3. The smallest absolute Gasteiger partial charge is 0.234 e.